The zero-order chi connectivity index (χ0) is 21.4. The van der Waals surface area contributed by atoms with Crippen molar-refractivity contribution in [3.8, 4) is 11.8 Å². The fraction of sp³-hybridized carbons (Fsp3) is 0.471. The molecule has 0 saturated heterocycles. The summed E-state index contributed by atoms with van der Waals surface area (Å²) in [6, 6.07) is 0. The van der Waals surface area contributed by atoms with Crippen LogP contribution in [0.3, 0.4) is 0 Å². The molecule has 0 fully saturated rings. The molecule has 0 spiro atoms. The highest BCUT2D eigenvalue weighted by Crippen LogP contribution is 2.57. The molecular formula is C17H22NO10P. The number of ether oxygens (including phenoxy) is 3. The second-order valence-corrected chi connectivity index (χ2v) is 7.91. The van der Waals surface area contributed by atoms with Crippen LogP contribution in [-0.2, 0) is 40.2 Å². The van der Waals surface area contributed by atoms with E-state index in [1.807, 2.05) is 0 Å². The van der Waals surface area contributed by atoms with Crippen LogP contribution in [0.15, 0.2) is 24.3 Å². The highest BCUT2D eigenvalue weighted by molar-refractivity contribution is 7.46. The first kappa shape index (κ1) is 21.6. The van der Waals surface area contributed by atoms with E-state index in [1.165, 1.54) is 11.5 Å². The predicted molar refractivity (Wildman–Crippen MR) is 97.0 cm³/mol. The Hall–Kier alpha value is -2.14. The maximum atomic E-state index is 11.7. The Labute approximate surface area is 166 Å². The molecule has 12 heteroatoms. The van der Waals surface area contributed by atoms with Crippen molar-refractivity contribution in [1.29, 1.82) is 0 Å². The van der Waals surface area contributed by atoms with Crippen LogP contribution in [0.25, 0.3) is 0 Å². The van der Waals surface area contributed by atoms with Gasteiger partial charge in [-0.2, -0.15) is 0 Å². The molecule has 0 saturated carbocycles. The molecule has 3 rings (SSSR count). The van der Waals surface area contributed by atoms with E-state index < -0.39 is 25.5 Å². The molecule has 2 aliphatic heterocycles. The summed E-state index contributed by atoms with van der Waals surface area (Å²) in [5.41, 5.74) is -0.263. The molecule has 1 aromatic rings. The molecular weight excluding hydrogens is 409 g/mol. The standard InChI is InChI=1S/C17H22NO10P/c1-10(2)16(21)26-9-17-4-3-11(28-17)12-13(17)15(20)18(14(12)19)5-6-25-7-8-27-29(22,23)24/h3-4,11,19-20H,1,5-9H2,2H3,(H2,22,23,24). The second kappa shape index (κ2) is 7.94. The third-order valence-corrected chi connectivity index (χ3v) is 5.06. The largest absolute Gasteiger partial charge is 0.494 e. The first-order valence-electron chi connectivity index (χ1n) is 8.68. The summed E-state index contributed by atoms with van der Waals surface area (Å²) >= 11 is 0. The van der Waals surface area contributed by atoms with Gasteiger partial charge in [-0.25, -0.2) is 9.36 Å². The minimum absolute atomic E-state index is 0.0375. The topological polar surface area (TPSA) is 157 Å². The Balaban J connectivity index is 1.67. The maximum absolute atomic E-state index is 11.7. The van der Waals surface area contributed by atoms with Gasteiger partial charge in [-0.05, 0) is 13.0 Å². The summed E-state index contributed by atoms with van der Waals surface area (Å²) in [5, 5.41) is 21.2. The monoisotopic (exact) mass is 431 g/mol. The van der Waals surface area contributed by atoms with E-state index in [2.05, 4.69) is 11.1 Å². The van der Waals surface area contributed by atoms with Crippen LogP contribution in [0.2, 0.25) is 0 Å². The Morgan fingerprint density at radius 1 is 1.31 bits per heavy atom. The van der Waals surface area contributed by atoms with Crippen LogP contribution in [-0.4, -0.2) is 57.0 Å². The van der Waals surface area contributed by atoms with Crippen molar-refractivity contribution in [2.45, 2.75) is 25.2 Å². The van der Waals surface area contributed by atoms with E-state index in [0.717, 1.165) is 0 Å². The zero-order valence-electron chi connectivity index (χ0n) is 15.6. The normalized spacial score (nSPS) is 22.1. The number of aromatic hydroxyl groups is 2. The molecule has 0 aliphatic carbocycles. The summed E-state index contributed by atoms with van der Waals surface area (Å²) in [6.07, 6.45) is 2.79. The molecule has 2 atom stereocenters. The third-order valence-electron chi connectivity index (χ3n) is 4.54. The molecule has 2 bridgehead atoms. The first-order chi connectivity index (χ1) is 13.6. The van der Waals surface area contributed by atoms with Gasteiger partial charge in [0.25, 0.3) is 0 Å². The highest BCUT2D eigenvalue weighted by atomic mass is 31.2. The van der Waals surface area contributed by atoms with Crippen molar-refractivity contribution in [3.05, 3.63) is 35.4 Å². The summed E-state index contributed by atoms with van der Waals surface area (Å²) < 4.78 is 32.3. The van der Waals surface area contributed by atoms with Crippen molar-refractivity contribution >= 4 is 13.8 Å². The number of hydrogen-bond donors (Lipinski definition) is 4. The molecule has 0 amide bonds. The number of carbonyl (C=O) groups excluding carboxylic acids is 1. The van der Waals surface area contributed by atoms with Gasteiger partial charge in [-0.1, -0.05) is 12.7 Å². The molecule has 0 aromatic carbocycles. The van der Waals surface area contributed by atoms with Gasteiger partial charge in [-0.15, -0.1) is 0 Å². The Morgan fingerprint density at radius 3 is 2.69 bits per heavy atom. The van der Waals surface area contributed by atoms with E-state index in [9.17, 15) is 19.6 Å². The summed E-state index contributed by atoms with van der Waals surface area (Å²) in [7, 11) is -4.55. The SMILES string of the molecule is C=C(C)C(=O)OCC12C=CC(O1)c1c2c(O)n(CCOCCOP(=O)(O)O)c1O. The van der Waals surface area contributed by atoms with Gasteiger partial charge in [0, 0.05) is 5.57 Å². The van der Waals surface area contributed by atoms with Crippen LogP contribution >= 0.6 is 7.82 Å². The van der Waals surface area contributed by atoms with Crippen LogP contribution in [0.1, 0.15) is 24.2 Å². The quantitative estimate of drug-likeness (QED) is 0.138. The summed E-state index contributed by atoms with van der Waals surface area (Å²) in [5.74, 6) is -1.04. The second-order valence-electron chi connectivity index (χ2n) is 6.67. The Morgan fingerprint density at radius 2 is 2.03 bits per heavy atom. The van der Waals surface area contributed by atoms with Crippen molar-refractivity contribution in [2.24, 2.45) is 0 Å². The van der Waals surface area contributed by atoms with E-state index in [4.69, 9.17) is 24.0 Å². The number of hydrogen-bond acceptors (Lipinski definition) is 8. The number of nitrogens with zero attached hydrogens (tertiary/aromatic N) is 1. The van der Waals surface area contributed by atoms with Gasteiger partial charge in [0.1, 0.15) is 12.7 Å². The maximum Gasteiger partial charge on any atom is 0.469 e. The molecule has 0 radical (unpaired) electrons. The minimum atomic E-state index is -4.55. The van der Waals surface area contributed by atoms with Gasteiger partial charge in [-0.3, -0.25) is 9.09 Å². The van der Waals surface area contributed by atoms with Gasteiger partial charge >= 0.3 is 13.8 Å². The Kier molecular flexibility index (Phi) is 5.91. The van der Waals surface area contributed by atoms with Gasteiger partial charge in [0.2, 0.25) is 11.8 Å². The Bertz CT molecular complexity index is 901. The predicted octanol–water partition coefficient (Wildman–Crippen LogP) is 0.981. The zero-order valence-corrected chi connectivity index (χ0v) is 16.5. The minimum Gasteiger partial charge on any atom is -0.494 e. The number of esters is 1. The number of phosphoric acid groups is 1. The van der Waals surface area contributed by atoms with Crippen LogP contribution in [0.5, 0.6) is 11.8 Å². The average molecular weight is 431 g/mol. The van der Waals surface area contributed by atoms with Crippen molar-refractivity contribution in [1.82, 2.24) is 4.57 Å². The van der Waals surface area contributed by atoms with Gasteiger partial charge < -0.3 is 34.2 Å². The lowest BCUT2D eigenvalue weighted by molar-refractivity contribution is -0.147. The lowest BCUT2D eigenvalue weighted by Crippen LogP contribution is -2.29. The number of carbonyl (C=O) groups is 1. The fourth-order valence-electron chi connectivity index (χ4n) is 3.28. The third kappa shape index (κ3) is 4.25. The van der Waals surface area contributed by atoms with Crippen LogP contribution in [0.4, 0.5) is 0 Å². The molecule has 160 valence electrons. The highest BCUT2D eigenvalue weighted by Gasteiger charge is 2.53. The number of aromatic nitrogens is 1. The average Bonchev–Trinajstić information content (AvgIpc) is 3.27. The smallest absolute Gasteiger partial charge is 0.469 e. The van der Waals surface area contributed by atoms with E-state index in [1.54, 1.807) is 12.2 Å². The molecule has 3 heterocycles. The van der Waals surface area contributed by atoms with E-state index in [0.29, 0.717) is 11.1 Å². The molecule has 4 N–H and O–H groups in total. The van der Waals surface area contributed by atoms with Crippen LogP contribution < -0.4 is 0 Å². The number of rotatable bonds is 10. The van der Waals surface area contributed by atoms with Crippen molar-refractivity contribution in [2.75, 3.05) is 26.4 Å². The summed E-state index contributed by atoms with van der Waals surface area (Å²) in [4.78, 5) is 28.9. The molecule has 1 aromatic heterocycles. The molecule has 2 aliphatic rings. The van der Waals surface area contributed by atoms with Gasteiger partial charge in [0.15, 0.2) is 5.60 Å². The summed E-state index contributed by atoms with van der Waals surface area (Å²) in [6.45, 7) is 4.56. The van der Waals surface area contributed by atoms with Crippen LogP contribution in [0, 0.1) is 0 Å². The lowest BCUT2D eigenvalue weighted by atomic mass is 9.90. The number of fused-ring (bicyclic) bond motifs is 5. The lowest BCUT2D eigenvalue weighted by Gasteiger charge is -2.23. The molecule has 2 unspecified atom stereocenters. The molecule has 29 heavy (non-hydrogen) atoms. The fourth-order valence-corrected chi connectivity index (χ4v) is 3.59. The number of phosphoric ester groups is 1. The van der Waals surface area contributed by atoms with Crippen molar-refractivity contribution < 1.29 is 48.1 Å². The molecule has 11 nitrogen and oxygen atoms in total. The first-order valence-corrected chi connectivity index (χ1v) is 10.2. The van der Waals surface area contributed by atoms with E-state index in [-0.39, 0.29) is 50.3 Å². The van der Waals surface area contributed by atoms with Crippen molar-refractivity contribution in [3.63, 3.8) is 0 Å². The van der Waals surface area contributed by atoms with E-state index >= 15 is 0 Å². The van der Waals surface area contributed by atoms with Gasteiger partial charge in [0.05, 0.1) is 37.5 Å².